The Hall–Kier alpha value is -2.50. The Labute approximate surface area is 100.0 Å². The maximum Gasteiger partial charge on any atom is 0.143 e. The van der Waals surface area contributed by atoms with E-state index in [1.165, 1.54) is 12.1 Å². The highest BCUT2D eigenvalue weighted by Crippen LogP contribution is 2.30. The van der Waals surface area contributed by atoms with Gasteiger partial charge in [0.05, 0.1) is 0 Å². The van der Waals surface area contributed by atoms with Crippen LogP contribution in [0.5, 0.6) is 0 Å². The standard InChI is InChI=1S/C12H7F2N3O/c13-7-1-6(2-8(14)3-7)10-4-9(15)5-11-12(10)17-18-16-11/h1-5H,15H2. The summed E-state index contributed by atoms with van der Waals surface area (Å²) in [6.45, 7) is 0. The summed E-state index contributed by atoms with van der Waals surface area (Å²) in [7, 11) is 0. The van der Waals surface area contributed by atoms with E-state index in [0.717, 1.165) is 6.07 Å². The number of aromatic nitrogens is 2. The molecule has 1 aromatic heterocycles. The molecule has 0 radical (unpaired) electrons. The second-order valence-corrected chi connectivity index (χ2v) is 3.86. The molecule has 3 rings (SSSR count). The van der Waals surface area contributed by atoms with Gasteiger partial charge in [0, 0.05) is 17.3 Å². The van der Waals surface area contributed by atoms with Gasteiger partial charge < -0.3 is 5.73 Å². The molecule has 0 saturated carbocycles. The van der Waals surface area contributed by atoms with Crippen LogP contribution in [0, 0.1) is 11.6 Å². The van der Waals surface area contributed by atoms with Crippen LogP contribution in [-0.2, 0) is 0 Å². The molecule has 0 bridgehead atoms. The van der Waals surface area contributed by atoms with Crippen molar-refractivity contribution in [2.45, 2.75) is 0 Å². The van der Waals surface area contributed by atoms with Gasteiger partial charge in [0.15, 0.2) is 0 Å². The van der Waals surface area contributed by atoms with Crippen molar-refractivity contribution in [2.24, 2.45) is 0 Å². The average molecular weight is 247 g/mol. The second-order valence-electron chi connectivity index (χ2n) is 3.86. The van der Waals surface area contributed by atoms with Crippen LogP contribution in [-0.4, -0.2) is 10.3 Å². The summed E-state index contributed by atoms with van der Waals surface area (Å²) in [5, 5.41) is 7.37. The topological polar surface area (TPSA) is 64.9 Å². The summed E-state index contributed by atoms with van der Waals surface area (Å²) in [6, 6.07) is 6.34. The van der Waals surface area contributed by atoms with Gasteiger partial charge in [-0.3, -0.25) is 0 Å². The minimum atomic E-state index is -0.669. The van der Waals surface area contributed by atoms with Gasteiger partial charge >= 0.3 is 0 Å². The number of nitrogen functional groups attached to an aromatic ring is 1. The summed E-state index contributed by atoms with van der Waals surface area (Å²) in [5.41, 5.74) is 7.78. The van der Waals surface area contributed by atoms with Gasteiger partial charge in [0.2, 0.25) is 0 Å². The molecular formula is C12H7F2N3O. The van der Waals surface area contributed by atoms with Gasteiger partial charge in [-0.05, 0) is 40.1 Å². The van der Waals surface area contributed by atoms with Crippen LogP contribution in [0.15, 0.2) is 35.0 Å². The quantitative estimate of drug-likeness (QED) is 0.671. The van der Waals surface area contributed by atoms with Crippen molar-refractivity contribution in [2.75, 3.05) is 5.73 Å². The molecule has 90 valence electrons. The lowest BCUT2D eigenvalue weighted by molar-refractivity contribution is 0.315. The number of anilines is 1. The highest BCUT2D eigenvalue weighted by atomic mass is 19.1. The summed E-state index contributed by atoms with van der Waals surface area (Å²) in [6.07, 6.45) is 0. The molecule has 0 aliphatic heterocycles. The average Bonchev–Trinajstić information content (AvgIpc) is 2.74. The number of nitrogens with zero attached hydrogens (tertiary/aromatic N) is 2. The molecule has 0 fully saturated rings. The summed E-state index contributed by atoms with van der Waals surface area (Å²) >= 11 is 0. The Bertz CT molecular complexity index is 719. The highest BCUT2D eigenvalue weighted by Gasteiger charge is 2.12. The van der Waals surface area contributed by atoms with E-state index in [9.17, 15) is 8.78 Å². The van der Waals surface area contributed by atoms with Crippen molar-refractivity contribution < 1.29 is 13.4 Å². The van der Waals surface area contributed by atoms with Crippen LogP contribution in [0.3, 0.4) is 0 Å². The zero-order valence-corrected chi connectivity index (χ0v) is 9.02. The van der Waals surface area contributed by atoms with Gasteiger partial charge in [-0.1, -0.05) is 0 Å². The first-order chi connectivity index (χ1) is 8.63. The Morgan fingerprint density at radius 2 is 1.67 bits per heavy atom. The molecule has 6 heteroatoms. The van der Waals surface area contributed by atoms with E-state index in [2.05, 4.69) is 14.9 Å². The van der Waals surface area contributed by atoms with Crippen molar-refractivity contribution in [3.63, 3.8) is 0 Å². The van der Waals surface area contributed by atoms with Crippen molar-refractivity contribution in [1.29, 1.82) is 0 Å². The highest BCUT2D eigenvalue weighted by molar-refractivity contribution is 5.93. The summed E-state index contributed by atoms with van der Waals surface area (Å²) in [4.78, 5) is 0. The van der Waals surface area contributed by atoms with Gasteiger partial charge in [-0.2, -0.15) is 0 Å². The van der Waals surface area contributed by atoms with E-state index in [1.54, 1.807) is 12.1 Å². The predicted molar refractivity (Wildman–Crippen MR) is 61.6 cm³/mol. The second kappa shape index (κ2) is 3.76. The van der Waals surface area contributed by atoms with Crippen molar-refractivity contribution >= 4 is 16.7 Å². The predicted octanol–water partition coefficient (Wildman–Crippen LogP) is 2.75. The number of rotatable bonds is 1. The van der Waals surface area contributed by atoms with E-state index < -0.39 is 11.6 Å². The fourth-order valence-corrected chi connectivity index (χ4v) is 1.84. The smallest absolute Gasteiger partial charge is 0.143 e. The van der Waals surface area contributed by atoms with E-state index in [-0.39, 0.29) is 0 Å². The molecule has 0 atom stereocenters. The SMILES string of the molecule is Nc1cc(-c2cc(F)cc(F)c2)c2nonc2c1. The first-order valence-corrected chi connectivity index (χ1v) is 5.12. The minimum Gasteiger partial charge on any atom is -0.399 e. The third kappa shape index (κ3) is 1.67. The lowest BCUT2D eigenvalue weighted by Gasteiger charge is -2.04. The van der Waals surface area contributed by atoms with Gasteiger partial charge in [-0.15, -0.1) is 0 Å². The normalized spacial score (nSPS) is 11.0. The van der Waals surface area contributed by atoms with Gasteiger partial charge in [0.1, 0.15) is 22.7 Å². The summed E-state index contributed by atoms with van der Waals surface area (Å²) < 4.78 is 31.0. The van der Waals surface area contributed by atoms with Crippen molar-refractivity contribution in [1.82, 2.24) is 10.3 Å². The molecule has 1 heterocycles. The lowest BCUT2D eigenvalue weighted by atomic mass is 10.0. The van der Waals surface area contributed by atoms with E-state index in [4.69, 9.17) is 5.73 Å². The molecule has 4 nitrogen and oxygen atoms in total. The summed E-state index contributed by atoms with van der Waals surface area (Å²) in [5.74, 6) is -1.34. The van der Waals surface area contributed by atoms with Crippen LogP contribution < -0.4 is 5.73 Å². The number of halogens is 2. The fourth-order valence-electron chi connectivity index (χ4n) is 1.84. The molecule has 2 N–H and O–H groups in total. The van der Waals surface area contributed by atoms with Crippen LogP contribution in [0.1, 0.15) is 0 Å². The number of hydrogen-bond acceptors (Lipinski definition) is 4. The fraction of sp³-hybridized carbons (Fsp3) is 0. The molecule has 18 heavy (non-hydrogen) atoms. The maximum atomic E-state index is 13.2. The van der Waals surface area contributed by atoms with Crippen molar-refractivity contribution in [3.05, 3.63) is 42.0 Å². The molecule has 3 aromatic rings. The zero-order chi connectivity index (χ0) is 12.7. The van der Waals surface area contributed by atoms with Crippen molar-refractivity contribution in [3.8, 4) is 11.1 Å². The largest absolute Gasteiger partial charge is 0.399 e. The molecule has 0 amide bonds. The monoisotopic (exact) mass is 247 g/mol. The first-order valence-electron chi connectivity index (χ1n) is 5.12. The number of fused-ring (bicyclic) bond motifs is 1. The van der Waals surface area contributed by atoms with Gasteiger partial charge in [-0.25, -0.2) is 13.4 Å². The molecule has 0 unspecified atom stereocenters. The Balaban J connectivity index is 2.33. The lowest BCUT2D eigenvalue weighted by Crippen LogP contribution is -1.90. The third-order valence-corrected chi connectivity index (χ3v) is 2.56. The van der Waals surface area contributed by atoms with Crippen LogP contribution >= 0.6 is 0 Å². The molecule has 0 aliphatic rings. The number of hydrogen-bond donors (Lipinski definition) is 1. The van der Waals surface area contributed by atoms with E-state index in [0.29, 0.717) is 27.8 Å². The Morgan fingerprint density at radius 1 is 0.944 bits per heavy atom. The molecule has 0 spiro atoms. The molecular weight excluding hydrogens is 240 g/mol. The minimum absolute atomic E-state index is 0.334. The molecule has 0 saturated heterocycles. The van der Waals surface area contributed by atoms with Gasteiger partial charge in [0.25, 0.3) is 0 Å². The Kier molecular flexibility index (Phi) is 2.22. The third-order valence-electron chi connectivity index (χ3n) is 2.56. The Morgan fingerprint density at radius 3 is 2.39 bits per heavy atom. The van der Waals surface area contributed by atoms with E-state index in [1.807, 2.05) is 0 Å². The number of benzene rings is 2. The van der Waals surface area contributed by atoms with Crippen LogP contribution in [0.25, 0.3) is 22.2 Å². The number of nitrogens with two attached hydrogens (primary N) is 1. The van der Waals surface area contributed by atoms with Crippen LogP contribution in [0.2, 0.25) is 0 Å². The maximum absolute atomic E-state index is 13.2. The molecule has 0 aliphatic carbocycles. The van der Waals surface area contributed by atoms with E-state index >= 15 is 0 Å². The zero-order valence-electron chi connectivity index (χ0n) is 9.02. The van der Waals surface area contributed by atoms with Crippen LogP contribution in [0.4, 0.5) is 14.5 Å². The molecule has 2 aromatic carbocycles. The first kappa shape index (κ1) is 10.6.